The molecule has 4 nitrogen and oxygen atoms in total. The summed E-state index contributed by atoms with van der Waals surface area (Å²) in [5.41, 5.74) is 0. The Morgan fingerprint density at radius 2 is 2.38 bits per heavy atom. The Hall–Kier alpha value is -0.760. The zero-order valence-electron chi connectivity index (χ0n) is 8.72. The molecule has 1 unspecified atom stereocenters. The van der Waals surface area contributed by atoms with E-state index >= 15 is 0 Å². The monoisotopic (exact) mass is 346 g/mol. The van der Waals surface area contributed by atoms with Crippen molar-refractivity contribution in [1.82, 2.24) is 15.0 Å². The average molecular weight is 346 g/mol. The van der Waals surface area contributed by atoms with Crippen molar-refractivity contribution >= 4 is 39.7 Å². The Labute approximate surface area is 112 Å². The summed E-state index contributed by atoms with van der Waals surface area (Å²) < 4.78 is 1.03. The van der Waals surface area contributed by atoms with Gasteiger partial charge in [-0.15, -0.1) is 11.3 Å². The van der Waals surface area contributed by atoms with Gasteiger partial charge in [0.1, 0.15) is 12.1 Å². The van der Waals surface area contributed by atoms with Crippen molar-refractivity contribution < 1.29 is 0 Å². The second-order valence-electron chi connectivity index (χ2n) is 3.37. The van der Waals surface area contributed by atoms with Gasteiger partial charge in [-0.05, 0) is 22.6 Å². The summed E-state index contributed by atoms with van der Waals surface area (Å²) >= 11 is 3.90. The third kappa shape index (κ3) is 2.88. The Bertz CT molecular complexity index is 446. The second kappa shape index (κ2) is 5.53. The van der Waals surface area contributed by atoms with Gasteiger partial charge in [0.15, 0.2) is 0 Å². The molecule has 0 saturated carbocycles. The summed E-state index contributed by atoms with van der Waals surface area (Å²) in [6.45, 7) is 2.99. The number of rotatable bonds is 4. The van der Waals surface area contributed by atoms with Crippen LogP contribution in [0.2, 0.25) is 0 Å². The summed E-state index contributed by atoms with van der Waals surface area (Å²) in [5.74, 6) is 1.28. The van der Waals surface area contributed by atoms with E-state index in [9.17, 15) is 0 Å². The molecule has 0 amide bonds. The van der Waals surface area contributed by atoms with Crippen LogP contribution in [-0.2, 0) is 0 Å². The maximum absolute atomic E-state index is 4.29. The highest BCUT2D eigenvalue weighted by molar-refractivity contribution is 14.1. The van der Waals surface area contributed by atoms with Crippen LogP contribution in [0.3, 0.4) is 0 Å². The number of halogens is 1. The van der Waals surface area contributed by atoms with E-state index in [1.807, 2.05) is 11.6 Å². The molecule has 2 aromatic rings. The Kier molecular flexibility index (Phi) is 4.05. The summed E-state index contributed by atoms with van der Waals surface area (Å²) in [6, 6.07) is 0. The van der Waals surface area contributed by atoms with E-state index in [0.717, 1.165) is 20.9 Å². The third-order valence-electron chi connectivity index (χ3n) is 2.12. The summed E-state index contributed by atoms with van der Waals surface area (Å²) in [5, 5.41) is 6.46. The van der Waals surface area contributed by atoms with E-state index in [4.69, 9.17) is 0 Å². The first kappa shape index (κ1) is 11.7. The molecule has 0 bridgehead atoms. The van der Waals surface area contributed by atoms with Gasteiger partial charge in [-0.25, -0.2) is 15.0 Å². The van der Waals surface area contributed by atoms with Crippen LogP contribution >= 0.6 is 33.9 Å². The van der Waals surface area contributed by atoms with Crippen molar-refractivity contribution in [2.24, 2.45) is 0 Å². The summed E-state index contributed by atoms with van der Waals surface area (Å²) in [6.07, 6.45) is 5.19. The van der Waals surface area contributed by atoms with Crippen LogP contribution in [0, 0.1) is 3.57 Å². The highest BCUT2D eigenvalue weighted by atomic mass is 127. The number of anilines is 1. The largest absolute Gasteiger partial charge is 0.368 e. The normalized spacial score (nSPS) is 12.4. The number of aromatic nitrogens is 3. The number of hydrogen-bond acceptors (Lipinski definition) is 5. The molecule has 0 fully saturated rings. The van der Waals surface area contributed by atoms with E-state index in [-0.39, 0.29) is 0 Å². The number of hydrogen-bond donors (Lipinski definition) is 1. The molecule has 0 aromatic carbocycles. The fraction of sp³-hybridized carbons (Fsp3) is 0.300. The number of nitrogens with one attached hydrogen (secondary N) is 1. The molecule has 0 radical (unpaired) electrons. The maximum Gasteiger partial charge on any atom is 0.142 e. The molecule has 2 rings (SSSR count). The van der Waals surface area contributed by atoms with Crippen molar-refractivity contribution in [1.29, 1.82) is 0 Å². The van der Waals surface area contributed by atoms with E-state index in [0.29, 0.717) is 5.92 Å². The van der Waals surface area contributed by atoms with E-state index in [1.54, 1.807) is 23.9 Å². The van der Waals surface area contributed by atoms with Gasteiger partial charge in [0, 0.05) is 30.2 Å². The molecule has 2 heterocycles. The van der Waals surface area contributed by atoms with Crippen molar-refractivity contribution in [2.75, 3.05) is 11.9 Å². The molecular weight excluding hydrogens is 335 g/mol. The first-order valence-electron chi connectivity index (χ1n) is 4.86. The van der Waals surface area contributed by atoms with E-state index in [2.05, 4.69) is 49.8 Å². The fourth-order valence-electron chi connectivity index (χ4n) is 1.26. The van der Waals surface area contributed by atoms with Crippen LogP contribution < -0.4 is 5.32 Å². The van der Waals surface area contributed by atoms with Crippen molar-refractivity contribution in [3.8, 4) is 0 Å². The number of thiazole rings is 1. The second-order valence-corrected chi connectivity index (χ2v) is 5.46. The van der Waals surface area contributed by atoms with Gasteiger partial charge in [-0.1, -0.05) is 6.92 Å². The zero-order chi connectivity index (χ0) is 11.4. The first-order chi connectivity index (χ1) is 7.77. The first-order valence-corrected chi connectivity index (χ1v) is 6.82. The lowest BCUT2D eigenvalue weighted by atomic mass is 10.2. The smallest absolute Gasteiger partial charge is 0.142 e. The molecule has 2 aromatic heterocycles. The van der Waals surface area contributed by atoms with Gasteiger partial charge in [-0.2, -0.15) is 0 Å². The van der Waals surface area contributed by atoms with Crippen molar-refractivity contribution in [2.45, 2.75) is 12.8 Å². The van der Waals surface area contributed by atoms with Crippen LogP contribution in [-0.4, -0.2) is 21.5 Å². The topological polar surface area (TPSA) is 50.7 Å². The zero-order valence-corrected chi connectivity index (χ0v) is 11.7. The quantitative estimate of drug-likeness (QED) is 0.865. The lowest BCUT2D eigenvalue weighted by molar-refractivity contribution is 0.790. The van der Waals surface area contributed by atoms with Crippen LogP contribution in [0.25, 0.3) is 0 Å². The number of nitrogens with zero attached hydrogens (tertiary/aromatic N) is 3. The van der Waals surface area contributed by atoms with Gasteiger partial charge < -0.3 is 5.32 Å². The van der Waals surface area contributed by atoms with E-state index < -0.39 is 0 Å². The van der Waals surface area contributed by atoms with Crippen LogP contribution in [0.4, 0.5) is 5.82 Å². The minimum atomic E-state index is 0.394. The molecular formula is C10H11IN4S. The molecule has 0 aliphatic rings. The standard InChI is InChI=1S/C10H11IN4S/c1-7(10-13-2-3-16-10)4-14-9-8(11)5-12-6-15-9/h2-3,5-7H,4H2,1H3,(H,12,14,15). The van der Waals surface area contributed by atoms with Crippen LogP contribution in [0.5, 0.6) is 0 Å². The molecule has 16 heavy (non-hydrogen) atoms. The van der Waals surface area contributed by atoms with Gasteiger partial charge >= 0.3 is 0 Å². The minimum Gasteiger partial charge on any atom is -0.368 e. The predicted molar refractivity (Wildman–Crippen MR) is 73.8 cm³/mol. The fourth-order valence-corrected chi connectivity index (χ4v) is 2.45. The molecule has 0 saturated heterocycles. The molecule has 0 aliphatic heterocycles. The molecule has 1 N–H and O–H groups in total. The minimum absolute atomic E-state index is 0.394. The maximum atomic E-state index is 4.29. The SMILES string of the molecule is CC(CNc1ncncc1I)c1nccs1. The summed E-state index contributed by atoms with van der Waals surface area (Å²) in [4.78, 5) is 12.4. The lowest BCUT2D eigenvalue weighted by Crippen LogP contribution is -2.11. The highest BCUT2D eigenvalue weighted by Crippen LogP contribution is 2.19. The third-order valence-corrected chi connectivity index (χ3v) is 3.91. The van der Waals surface area contributed by atoms with Gasteiger partial charge in [0.05, 0.1) is 8.58 Å². The molecule has 84 valence electrons. The average Bonchev–Trinajstić information content (AvgIpc) is 2.81. The molecule has 6 heteroatoms. The molecule has 0 aliphatic carbocycles. The molecule has 1 atom stereocenters. The highest BCUT2D eigenvalue weighted by Gasteiger charge is 2.08. The molecule has 0 spiro atoms. The Morgan fingerprint density at radius 3 is 3.06 bits per heavy atom. The van der Waals surface area contributed by atoms with Gasteiger partial charge in [-0.3, -0.25) is 0 Å². The Balaban J connectivity index is 1.95. The van der Waals surface area contributed by atoms with Gasteiger partial charge in [0.2, 0.25) is 0 Å². The predicted octanol–water partition coefficient (Wildman–Crippen LogP) is 2.75. The van der Waals surface area contributed by atoms with E-state index in [1.165, 1.54) is 0 Å². The van der Waals surface area contributed by atoms with Crippen molar-refractivity contribution in [3.63, 3.8) is 0 Å². The van der Waals surface area contributed by atoms with Crippen LogP contribution in [0.15, 0.2) is 24.1 Å². The lowest BCUT2D eigenvalue weighted by Gasteiger charge is -2.11. The van der Waals surface area contributed by atoms with Crippen LogP contribution in [0.1, 0.15) is 17.8 Å². The Morgan fingerprint density at radius 1 is 1.50 bits per heavy atom. The van der Waals surface area contributed by atoms with Gasteiger partial charge in [0.25, 0.3) is 0 Å². The summed E-state index contributed by atoms with van der Waals surface area (Å²) in [7, 11) is 0. The van der Waals surface area contributed by atoms with Crippen molar-refractivity contribution in [3.05, 3.63) is 32.7 Å².